The highest BCUT2D eigenvalue weighted by Gasteiger charge is 2.29. The van der Waals surface area contributed by atoms with E-state index in [0.29, 0.717) is 139 Å². The van der Waals surface area contributed by atoms with Crippen LogP contribution in [0.15, 0.2) is 27.1 Å². The SMILES string of the molecule is CCc1onc(C(=O)NC(C)C(C)C)c1C(C)O.CCc1onc(C(=O)NC(C)C(C)C)c1CF.CCc1onc(C(=O)NCC(C)(C)OC)c1CO.CCc1onc(C(=O)NCC(C)C)c1C(C)O.CCc1onc(C(=O)NCC(C)OC)c1CF.CCc1onc(C(=O)NCC(C)OC)c1CO. The number of ether oxygens (including phenoxy) is 3. The molecule has 0 saturated carbocycles. The van der Waals surface area contributed by atoms with E-state index in [9.17, 15) is 58.0 Å². The largest absolute Gasteiger partial charge is 0.391 e. The van der Waals surface area contributed by atoms with E-state index < -0.39 is 37.1 Å². The number of rotatable bonds is 33. The van der Waals surface area contributed by atoms with Crippen molar-refractivity contribution < 1.29 is 99.3 Å². The van der Waals surface area contributed by atoms with Crippen LogP contribution in [0.4, 0.5) is 8.78 Å². The lowest BCUT2D eigenvalue weighted by atomic mass is 10.0. The molecular formula is C71H116F2N12O19. The number of carbonyl (C=O) groups excluding carboxylic acids is 6. The van der Waals surface area contributed by atoms with E-state index in [1.54, 1.807) is 35.2 Å². The zero-order valence-corrected chi connectivity index (χ0v) is 64.9. The maximum atomic E-state index is 12.8. The number of nitrogens with one attached hydrogen (secondary N) is 6. The molecule has 0 fully saturated rings. The first-order chi connectivity index (χ1) is 49.1. The molecule has 0 radical (unpaired) electrons. The molecule has 6 atom stereocenters. The zero-order chi connectivity index (χ0) is 79.3. The molecule has 104 heavy (non-hydrogen) atoms. The number of carbonyl (C=O) groups is 6. The maximum absolute atomic E-state index is 12.8. The number of hydrogen-bond acceptors (Lipinski definition) is 25. The van der Waals surface area contributed by atoms with E-state index in [1.807, 2.05) is 125 Å². The summed E-state index contributed by atoms with van der Waals surface area (Å²) in [6, 6.07) is 0.0536. The quantitative estimate of drug-likeness (QED) is 0.0183. The van der Waals surface area contributed by atoms with Crippen molar-refractivity contribution in [3.05, 3.63) is 102 Å². The van der Waals surface area contributed by atoms with Crippen LogP contribution in [0.5, 0.6) is 0 Å². The van der Waals surface area contributed by atoms with Gasteiger partial charge in [-0.25, -0.2) is 8.78 Å². The standard InChI is InChI=1S/C13H22N2O3.C12H19FN2O2.C12H20N2O4.C12H20N2O3.C11H17FN2O3.C11H18N2O4/c1-6-10-11(9(5)16)12(15-18-10)13(17)14-8(4)7(2)3;1-5-10-9(6-13)11(15-17-10)12(16)14-8(4)7(2)3;1-5-9-8(6-15)10(14-18-9)11(16)13-7-12(2,3)17-4;1-5-9-10(8(4)15)11(14-17-9)12(16)13-6-7(2)3;1-4-9-8(5-12)10(14-17-9)11(15)13-6-7(2)16-3;1-4-9-8(6-14)10(13-17-9)11(15)12-5-7(2)16-3/h7-9,16H,6H2,1-5H3,(H,14,17);7-8H,5-6H2,1-4H3,(H,14,16);15H,5-7H2,1-4H3,(H,13,16);7-8,15H,5-6H2,1-4H3,(H,13,16);7H,4-6H2,1-3H3,(H,13,15);7,14H,4-6H2,1-3H3,(H,12,15). The Hall–Kier alpha value is -8.34. The van der Waals surface area contributed by atoms with Crippen LogP contribution in [0.2, 0.25) is 0 Å². The number of amides is 6. The molecule has 6 unspecified atom stereocenters. The maximum Gasteiger partial charge on any atom is 0.274 e. The van der Waals surface area contributed by atoms with E-state index in [2.05, 4.69) is 62.8 Å². The van der Waals surface area contributed by atoms with Crippen LogP contribution >= 0.6 is 0 Å². The first kappa shape index (κ1) is 93.7. The van der Waals surface area contributed by atoms with Gasteiger partial charge in [0.2, 0.25) is 0 Å². The highest BCUT2D eigenvalue weighted by atomic mass is 19.1. The highest BCUT2D eigenvalue weighted by Crippen LogP contribution is 2.25. The summed E-state index contributed by atoms with van der Waals surface area (Å²) in [6.07, 6.45) is 1.71. The molecule has 0 aromatic carbocycles. The fourth-order valence-electron chi connectivity index (χ4n) is 8.68. The summed E-state index contributed by atoms with van der Waals surface area (Å²) >= 11 is 0. The highest BCUT2D eigenvalue weighted by molar-refractivity contribution is 5.96. The predicted octanol–water partition coefficient (Wildman–Crippen LogP) is 9.07. The molecule has 6 aromatic heterocycles. The number of aliphatic hydroxyl groups is 4. The van der Waals surface area contributed by atoms with E-state index in [-0.39, 0.29) is 112 Å². The van der Waals surface area contributed by atoms with Crippen LogP contribution in [-0.4, -0.2) is 164 Å². The number of methoxy groups -OCH3 is 3. The summed E-state index contributed by atoms with van der Waals surface area (Å²) in [6.45, 7) is 37.3. The third kappa shape index (κ3) is 29.3. The molecule has 0 aliphatic rings. The van der Waals surface area contributed by atoms with E-state index in [1.165, 1.54) is 0 Å². The molecule has 6 heterocycles. The Kier molecular flexibility index (Phi) is 43.1. The van der Waals surface area contributed by atoms with Gasteiger partial charge in [0.25, 0.3) is 35.4 Å². The summed E-state index contributed by atoms with van der Waals surface area (Å²) in [5.74, 6) is 1.94. The second-order valence-corrected chi connectivity index (χ2v) is 25.8. The van der Waals surface area contributed by atoms with E-state index in [4.69, 9.17) is 41.3 Å². The Morgan fingerprint density at radius 1 is 0.413 bits per heavy atom. The van der Waals surface area contributed by atoms with Crippen molar-refractivity contribution in [2.24, 2.45) is 17.8 Å². The topological polar surface area (TPSA) is 439 Å². The summed E-state index contributed by atoms with van der Waals surface area (Å²) in [4.78, 5) is 71.2. The molecule has 6 aromatic rings. The van der Waals surface area contributed by atoms with Crippen molar-refractivity contribution in [2.75, 3.05) is 47.5 Å². The number of alkyl halides is 2. The Morgan fingerprint density at radius 2 is 0.683 bits per heavy atom. The van der Waals surface area contributed by atoms with Gasteiger partial charge in [-0.2, -0.15) is 0 Å². The van der Waals surface area contributed by atoms with Crippen LogP contribution in [0.25, 0.3) is 0 Å². The molecule has 33 heteroatoms. The van der Waals surface area contributed by atoms with Gasteiger partial charge in [0.15, 0.2) is 34.2 Å². The molecule has 10 N–H and O–H groups in total. The third-order valence-electron chi connectivity index (χ3n) is 16.2. The molecule has 31 nitrogen and oxygen atoms in total. The van der Waals surface area contributed by atoms with Crippen LogP contribution in [0.3, 0.4) is 0 Å². The molecule has 0 aliphatic carbocycles. The van der Waals surface area contributed by atoms with Crippen molar-refractivity contribution in [3.8, 4) is 0 Å². The Balaban J connectivity index is 0.000000624. The smallest absolute Gasteiger partial charge is 0.274 e. The van der Waals surface area contributed by atoms with Gasteiger partial charge in [0.1, 0.15) is 47.9 Å². The van der Waals surface area contributed by atoms with E-state index in [0.717, 1.165) is 0 Å². The number of hydrogen-bond donors (Lipinski definition) is 10. The van der Waals surface area contributed by atoms with Gasteiger partial charge in [-0.05, 0) is 73.1 Å². The van der Waals surface area contributed by atoms with Gasteiger partial charge in [0.05, 0.1) is 76.6 Å². The van der Waals surface area contributed by atoms with Crippen LogP contribution in [0.1, 0.15) is 282 Å². The molecule has 0 bridgehead atoms. The fraction of sp³-hybridized carbons (Fsp3) is 0.662. The first-order valence-corrected chi connectivity index (χ1v) is 35.0. The monoisotopic (exact) mass is 1480 g/mol. The van der Waals surface area contributed by atoms with Crippen molar-refractivity contribution >= 4 is 35.4 Å². The first-order valence-electron chi connectivity index (χ1n) is 35.0. The Morgan fingerprint density at radius 3 is 0.971 bits per heavy atom. The second kappa shape index (κ2) is 47.9. The minimum Gasteiger partial charge on any atom is -0.391 e. The Labute approximate surface area is 608 Å². The molecule has 0 aliphatic heterocycles. The average molecular weight is 1480 g/mol. The fourth-order valence-corrected chi connectivity index (χ4v) is 8.68. The Bertz CT molecular complexity index is 3440. The van der Waals surface area contributed by atoms with Gasteiger partial charge >= 0.3 is 0 Å². The molecule has 0 saturated heterocycles. The lowest BCUT2D eigenvalue weighted by Crippen LogP contribution is -2.40. The van der Waals surface area contributed by atoms with Gasteiger partial charge in [-0.1, -0.05) is 114 Å². The lowest BCUT2D eigenvalue weighted by molar-refractivity contribution is 0.0227. The molecular weight excluding hydrogens is 1360 g/mol. The number of aryl methyl sites for hydroxylation is 6. The number of aromatic nitrogens is 6. The number of nitrogens with zero attached hydrogens (tertiary/aromatic N) is 6. The van der Waals surface area contributed by atoms with Gasteiger partial charge < -0.3 is 93.7 Å². The van der Waals surface area contributed by atoms with Crippen molar-refractivity contribution in [1.82, 2.24) is 62.8 Å². The van der Waals surface area contributed by atoms with Gasteiger partial charge in [0, 0.05) is 98.1 Å². The van der Waals surface area contributed by atoms with Crippen molar-refractivity contribution in [3.63, 3.8) is 0 Å². The summed E-state index contributed by atoms with van der Waals surface area (Å²) in [5.41, 5.74) is 2.69. The molecule has 0 spiro atoms. The summed E-state index contributed by atoms with van der Waals surface area (Å²) in [7, 11) is 4.70. The van der Waals surface area contributed by atoms with Crippen LogP contribution in [0, 0.1) is 17.8 Å². The minimum absolute atomic E-state index is 0.0109. The zero-order valence-electron chi connectivity index (χ0n) is 64.9. The van der Waals surface area contributed by atoms with Crippen LogP contribution in [-0.2, 0) is 79.3 Å². The molecule has 6 rings (SSSR count). The van der Waals surface area contributed by atoms with Crippen LogP contribution < -0.4 is 31.9 Å². The minimum atomic E-state index is -0.763. The lowest BCUT2D eigenvalue weighted by Gasteiger charge is -2.22. The molecule has 588 valence electrons. The van der Waals surface area contributed by atoms with E-state index >= 15 is 0 Å². The molecule has 6 amide bonds. The normalized spacial score (nSPS) is 12.8. The second-order valence-electron chi connectivity index (χ2n) is 25.8. The third-order valence-corrected chi connectivity index (χ3v) is 16.2. The number of aliphatic hydroxyl groups excluding tert-OH is 4. The summed E-state index contributed by atoms with van der Waals surface area (Å²) < 4.78 is 70.8. The van der Waals surface area contributed by atoms with Gasteiger partial charge in [-0.3, -0.25) is 28.8 Å². The van der Waals surface area contributed by atoms with Crippen molar-refractivity contribution in [2.45, 2.75) is 246 Å². The average Bonchev–Trinajstić information content (AvgIpc) is 1.86. The number of halogens is 2. The summed E-state index contributed by atoms with van der Waals surface area (Å²) in [5, 5.41) is 76.3. The van der Waals surface area contributed by atoms with Crippen molar-refractivity contribution in [1.29, 1.82) is 0 Å². The van der Waals surface area contributed by atoms with Gasteiger partial charge in [-0.15, -0.1) is 0 Å². The predicted molar refractivity (Wildman–Crippen MR) is 380 cm³/mol.